The van der Waals surface area contributed by atoms with Gasteiger partial charge in [-0.25, -0.2) is 0 Å². The van der Waals surface area contributed by atoms with Crippen molar-refractivity contribution in [2.24, 2.45) is 0 Å². The molecule has 25 heavy (non-hydrogen) atoms. The first kappa shape index (κ1) is 17.7. The largest absolute Gasteiger partial charge is 0.368 e. The van der Waals surface area contributed by atoms with Crippen molar-refractivity contribution in [2.75, 3.05) is 17.2 Å². The summed E-state index contributed by atoms with van der Waals surface area (Å²) in [7, 11) is 0. The quantitative estimate of drug-likeness (QED) is 0.829. The fourth-order valence-corrected chi connectivity index (χ4v) is 3.10. The van der Waals surface area contributed by atoms with Crippen molar-refractivity contribution < 1.29 is 14.3 Å². The molecule has 1 unspecified atom stereocenters. The predicted molar refractivity (Wildman–Crippen MR) is 98.5 cm³/mol. The zero-order chi connectivity index (χ0) is 17.8. The molecule has 1 aliphatic rings. The van der Waals surface area contributed by atoms with E-state index < -0.39 is 6.10 Å². The maximum Gasteiger partial charge on any atom is 0.255 e. The highest BCUT2D eigenvalue weighted by Crippen LogP contribution is 2.23. The number of ether oxygens (including phenoxy) is 1. The summed E-state index contributed by atoms with van der Waals surface area (Å²) < 4.78 is 5.35. The lowest BCUT2D eigenvalue weighted by Gasteiger charge is -2.11. The van der Waals surface area contributed by atoms with Crippen LogP contribution >= 0.6 is 23.2 Å². The lowest BCUT2D eigenvalue weighted by atomic mass is 10.1. The maximum absolute atomic E-state index is 12.4. The van der Waals surface area contributed by atoms with Gasteiger partial charge in [0.15, 0.2) is 0 Å². The van der Waals surface area contributed by atoms with E-state index in [1.165, 1.54) is 0 Å². The highest BCUT2D eigenvalue weighted by molar-refractivity contribution is 6.35. The van der Waals surface area contributed by atoms with Gasteiger partial charge in [-0.2, -0.15) is 0 Å². The van der Waals surface area contributed by atoms with Crippen LogP contribution in [0.3, 0.4) is 0 Å². The summed E-state index contributed by atoms with van der Waals surface area (Å²) in [6, 6.07) is 11.5. The molecule has 130 valence electrons. The number of carbonyl (C=O) groups is 2. The van der Waals surface area contributed by atoms with Crippen molar-refractivity contribution in [3.05, 3.63) is 58.1 Å². The van der Waals surface area contributed by atoms with Crippen LogP contribution in [-0.2, 0) is 9.53 Å². The van der Waals surface area contributed by atoms with E-state index in [1.54, 1.807) is 42.5 Å². The number of rotatable bonds is 4. The zero-order valence-corrected chi connectivity index (χ0v) is 14.7. The number of carbonyl (C=O) groups excluding carboxylic acids is 2. The lowest BCUT2D eigenvalue weighted by molar-refractivity contribution is -0.124. The summed E-state index contributed by atoms with van der Waals surface area (Å²) in [4.78, 5) is 24.5. The van der Waals surface area contributed by atoms with Gasteiger partial charge in [0.25, 0.3) is 11.8 Å². The standard InChI is InChI=1S/C18H16Cl2N2O3/c19-12-8-13(20)10-15(9-12)22-17(23)11-3-1-4-14(7-11)21-18(24)16-5-2-6-25-16/h1,3-4,7-10,16H,2,5-6H2,(H,21,24)(H,22,23). The minimum Gasteiger partial charge on any atom is -0.368 e. The second-order valence-corrected chi connectivity index (χ2v) is 6.56. The van der Waals surface area contributed by atoms with Crippen LogP contribution in [0.25, 0.3) is 0 Å². The summed E-state index contributed by atoms with van der Waals surface area (Å²) in [5.74, 6) is -0.525. The van der Waals surface area contributed by atoms with E-state index in [2.05, 4.69) is 10.6 Å². The number of hydrogen-bond donors (Lipinski definition) is 2. The molecule has 1 fully saturated rings. The van der Waals surface area contributed by atoms with Crippen molar-refractivity contribution in [2.45, 2.75) is 18.9 Å². The lowest BCUT2D eigenvalue weighted by Crippen LogP contribution is -2.27. The van der Waals surface area contributed by atoms with Gasteiger partial charge in [-0.15, -0.1) is 0 Å². The molecule has 1 heterocycles. The number of nitrogens with one attached hydrogen (secondary N) is 2. The molecular weight excluding hydrogens is 363 g/mol. The molecule has 1 atom stereocenters. The van der Waals surface area contributed by atoms with Crippen molar-refractivity contribution >= 4 is 46.4 Å². The van der Waals surface area contributed by atoms with Gasteiger partial charge in [0, 0.05) is 33.6 Å². The van der Waals surface area contributed by atoms with Gasteiger partial charge in [-0.1, -0.05) is 29.3 Å². The zero-order valence-electron chi connectivity index (χ0n) is 13.2. The Morgan fingerprint density at radius 2 is 1.76 bits per heavy atom. The third kappa shape index (κ3) is 4.72. The Morgan fingerprint density at radius 3 is 2.44 bits per heavy atom. The topological polar surface area (TPSA) is 67.4 Å². The number of halogens is 2. The molecule has 2 N–H and O–H groups in total. The van der Waals surface area contributed by atoms with Gasteiger partial charge in [-0.3, -0.25) is 9.59 Å². The van der Waals surface area contributed by atoms with Gasteiger partial charge in [0.2, 0.25) is 0 Å². The molecule has 0 spiro atoms. The van der Waals surface area contributed by atoms with Crippen molar-refractivity contribution in [3.63, 3.8) is 0 Å². The van der Waals surface area contributed by atoms with E-state index in [1.807, 2.05) is 0 Å². The number of amides is 2. The molecule has 1 aliphatic heterocycles. The predicted octanol–water partition coefficient (Wildman–Crippen LogP) is 4.36. The molecule has 2 aromatic carbocycles. The second kappa shape index (κ2) is 7.87. The molecule has 1 saturated heterocycles. The van der Waals surface area contributed by atoms with Crippen molar-refractivity contribution in [1.82, 2.24) is 0 Å². The number of anilines is 2. The second-order valence-electron chi connectivity index (χ2n) is 5.68. The Hall–Kier alpha value is -2.08. The van der Waals surface area contributed by atoms with Crippen LogP contribution in [0.1, 0.15) is 23.2 Å². The molecule has 0 aliphatic carbocycles. The minimum absolute atomic E-state index is 0.198. The Kier molecular flexibility index (Phi) is 5.58. The normalized spacial score (nSPS) is 16.5. The third-order valence-corrected chi connectivity index (χ3v) is 4.17. The highest BCUT2D eigenvalue weighted by Gasteiger charge is 2.23. The first-order valence-corrected chi connectivity index (χ1v) is 8.57. The number of benzene rings is 2. The first-order valence-electron chi connectivity index (χ1n) is 7.81. The molecule has 7 heteroatoms. The molecular formula is C18H16Cl2N2O3. The van der Waals surface area contributed by atoms with Crippen LogP contribution in [0.15, 0.2) is 42.5 Å². The SMILES string of the molecule is O=C(Nc1cc(Cl)cc(Cl)c1)c1cccc(NC(=O)C2CCCO2)c1. The summed E-state index contributed by atoms with van der Waals surface area (Å²) in [5.41, 5.74) is 1.44. The molecule has 0 radical (unpaired) electrons. The smallest absolute Gasteiger partial charge is 0.255 e. The van der Waals surface area contributed by atoms with Crippen LogP contribution in [0.2, 0.25) is 10.0 Å². The van der Waals surface area contributed by atoms with E-state index in [-0.39, 0.29) is 11.8 Å². The summed E-state index contributed by atoms with van der Waals surface area (Å²) in [6.07, 6.45) is 1.16. The third-order valence-electron chi connectivity index (χ3n) is 3.73. The maximum atomic E-state index is 12.4. The van der Waals surface area contributed by atoms with Crippen LogP contribution in [0.5, 0.6) is 0 Å². The Labute approximate surface area is 155 Å². The summed E-state index contributed by atoms with van der Waals surface area (Å²) >= 11 is 11.9. The van der Waals surface area contributed by atoms with Crippen LogP contribution < -0.4 is 10.6 Å². The van der Waals surface area contributed by atoms with Crippen molar-refractivity contribution in [1.29, 1.82) is 0 Å². The van der Waals surface area contributed by atoms with Crippen molar-refractivity contribution in [3.8, 4) is 0 Å². The number of hydrogen-bond acceptors (Lipinski definition) is 3. The molecule has 2 amide bonds. The van der Waals surface area contributed by atoms with Crippen LogP contribution in [0.4, 0.5) is 11.4 Å². The monoisotopic (exact) mass is 378 g/mol. The van der Waals surface area contributed by atoms with Gasteiger partial charge in [0.1, 0.15) is 6.10 Å². The van der Waals surface area contributed by atoms with Gasteiger partial charge in [0.05, 0.1) is 0 Å². The van der Waals surface area contributed by atoms with E-state index in [0.29, 0.717) is 40.0 Å². The Bertz CT molecular complexity index is 784. The molecule has 0 aromatic heterocycles. The van der Waals surface area contributed by atoms with Gasteiger partial charge < -0.3 is 15.4 Å². The van der Waals surface area contributed by atoms with Gasteiger partial charge in [-0.05, 0) is 49.2 Å². The summed E-state index contributed by atoms with van der Waals surface area (Å²) in [6.45, 7) is 0.600. The average molecular weight is 379 g/mol. The van der Waals surface area contributed by atoms with Crippen LogP contribution in [0, 0.1) is 0 Å². The Morgan fingerprint density at radius 1 is 1.00 bits per heavy atom. The highest BCUT2D eigenvalue weighted by atomic mass is 35.5. The molecule has 2 aromatic rings. The molecule has 5 nitrogen and oxygen atoms in total. The van der Waals surface area contributed by atoms with E-state index in [9.17, 15) is 9.59 Å². The fourth-order valence-electron chi connectivity index (χ4n) is 2.57. The van der Waals surface area contributed by atoms with E-state index >= 15 is 0 Å². The Balaban J connectivity index is 1.69. The first-order chi connectivity index (χ1) is 12.0. The van der Waals surface area contributed by atoms with Gasteiger partial charge >= 0.3 is 0 Å². The van der Waals surface area contributed by atoms with E-state index in [0.717, 1.165) is 6.42 Å². The van der Waals surface area contributed by atoms with Crippen LogP contribution in [-0.4, -0.2) is 24.5 Å². The van der Waals surface area contributed by atoms with E-state index in [4.69, 9.17) is 27.9 Å². The minimum atomic E-state index is -0.425. The molecule has 3 rings (SSSR count). The fraction of sp³-hybridized carbons (Fsp3) is 0.222. The summed E-state index contributed by atoms with van der Waals surface area (Å²) in [5, 5.41) is 6.37. The molecule has 0 bridgehead atoms. The average Bonchev–Trinajstić information content (AvgIpc) is 3.08. The molecule has 0 saturated carbocycles.